The Balaban J connectivity index is 2.01. The number of benzene rings is 2. The summed E-state index contributed by atoms with van der Waals surface area (Å²) in [5, 5.41) is 19.1. The predicted molar refractivity (Wildman–Crippen MR) is 111 cm³/mol. The van der Waals surface area contributed by atoms with Gasteiger partial charge in [-0.05, 0) is 67.5 Å². The van der Waals surface area contributed by atoms with Gasteiger partial charge in [0.1, 0.15) is 5.75 Å². The molecule has 4 nitrogen and oxygen atoms in total. The summed E-state index contributed by atoms with van der Waals surface area (Å²) in [6, 6.07) is 9.57. The van der Waals surface area contributed by atoms with Gasteiger partial charge in [-0.15, -0.1) is 0 Å². The van der Waals surface area contributed by atoms with Crippen LogP contribution in [-0.2, 0) is 19.0 Å². The van der Waals surface area contributed by atoms with Crippen LogP contribution in [0.1, 0.15) is 35.1 Å². The van der Waals surface area contributed by atoms with Crippen LogP contribution in [0, 0.1) is 6.92 Å². The number of hydrogen-bond donors (Lipinski definition) is 3. The topological polar surface area (TPSA) is 75.7 Å². The second-order valence-electron chi connectivity index (χ2n) is 7.54. The highest BCUT2D eigenvalue weighted by molar-refractivity contribution is 6.31. The first kappa shape index (κ1) is 24.5. The number of hydrogen-bond acceptors (Lipinski definition) is 4. The number of halogens is 4. The van der Waals surface area contributed by atoms with Crippen molar-refractivity contribution in [3.05, 3.63) is 63.7 Å². The summed E-state index contributed by atoms with van der Waals surface area (Å²) < 4.78 is 45.9. The van der Waals surface area contributed by atoms with Crippen LogP contribution in [0.15, 0.2) is 36.4 Å². The van der Waals surface area contributed by atoms with E-state index in [2.05, 4.69) is 0 Å². The van der Waals surface area contributed by atoms with Crippen LogP contribution in [0.4, 0.5) is 13.2 Å². The molecule has 30 heavy (non-hydrogen) atoms. The summed E-state index contributed by atoms with van der Waals surface area (Å²) in [4.78, 5) is 0. The van der Waals surface area contributed by atoms with Crippen molar-refractivity contribution >= 4 is 11.6 Å². The van der Waals surface area contributed by atoms with E-state index < -0.39 is 30.5 Å². The first-order valence-corrected chi connectivity index (χ1v) is 10.0. The summed E-state index contributed by atoms with van der Waals surface area (Å²) in [6.45, 7) is 1.12. The fourth-order valence-electron chi connectivity index (χ4n) is 2.93. The van der Waals surface area contributed by atoms with Crippen LogP contribution in [0.2, 0.25) is 5.02 Å². The Labute approximate surface area is 179 Å². The maximum Gasteiger partial charge on any atom is 0.419 e. The van der Waals surface area contributed by atoms with E-state index in [0.29, 0.717) is 23.4 Å². The van der Waals surface area contributed by atoms with Gasteiger partial charge in [-0.2, -0.15) is 13.2 Å². The Kier molecular flexibility index (Phi) is 8.55. The molecule has 0 amide bonds. The van der Waals surface area contributed by atoms with E-state index in [1.165, 1.54) is 6.07 Å². The number of aliphatic hydroxyl groups excluding tert-OH is 2. The Morgan fingerprint density at radius 3 is 2.23 bits per heavy atom. The Bertz CT molecular complexity index is 839. The fraction of sp³-hybridized carbons (Fsp3) is 0.455. The maximum absolute atomic E-state index is 13.5. The van der Waals surface area contributed by atoms with Crippen molar-refractivity contribution in [2.45, 2.75) is 44.3 Å². The smallest absolute Gasteiger partial charge is 0.419 e. The number of rotatable bonds is 10. The van der Waals surface area contributed by atoms with E-state index in [1.54, 1.807) is 6.07 Å². The average molecular weight is 446 g/mol. The van der Waals surface area contributed by atoms with E-state index in [1.807, 2.05) is 25.1 Å². The largest absolute Gasteiger partial charge is 0.493 e. The summed E-state index contributed by atoms with van der Waals surface area (Å²) in [6.07, 6.45) is -3.04. The molecule has 0 fully saturated rings. The van der Waals surface area contributed by atoms with Gasteiger partial charge in [-0.3, -0.25) is 0 Å². The zero-order valence-electron chi connectivity index (χ0n) is 16.8. The van der Waals surface area contributed by atoms with Gasteiger partial charge in [0.05, 0.1) is 30.9 Å². The third-order valence-corrected chi connectivity index (χ3v) is 5.40. The lowest BCUT2D eigenvalue weighted by atomic mass is 9.93. The number of nitrogens with two attached hydrogens (primary N) is 1. The molecule has 0 bridgehead atoms. The van der Waals surface area contributed by atoms with Gasteiger partial charge in [0.15, 0.2) is 0 Å². The van der Waals surface area contributed by atoms with Crippen LogP contribution in [0.25, 0.3) is 0 Å². The van der Waals surface area contributed by atoms with E-state index >= 15 is 0 Å². The molecule has 2 aromatic rings. The van der Waals surface area contributed by atoms with Gasteiger partial charge in [-0.25, -0.2) is 0 Å². The molecule has 0 atom stereocenters. The van der Waals surface area contributed by atoms with Gasteiger partial charge in [-0.1, -0.05) is 29.8 Å². The van der Waals surface area contributed by atoms with Crippen LogP contribution in [-0.4, -0.2) is 35.6 Å². The second kappa shape index (κ2) is 10.5. The lowest BCUT2D eigenvalue weighted by Gasteiger charge is -2.24. The van der Waals surface area contributed by atoms with Crippen molar-refractivity contribution in [1.29, 1.82) is 0 Å². The molecule has 2 rings (SSSR count). The lowest BCUT2D eigenvalue weighted by Crippen LogP contribution is -2.47. The van der Waals surface area contributed by atoms with Crippen molar-refractivity contribution in [3.8, 4) is 5.75 Å². The molecule has 0 saturated heterocycles. The number of aryl methyl sites for hydroxylation is 3. The van der Waals surface area contributed by atoms with Gasteiger partial charge in [0, 0.05) is 5.02 Å². The molecule has 0 heterocycles. The van der Waals surface area contributed by atoms with Gasteiger partial charge in [0.2, 0.25) is 0 Å². The van der Waals surface area contributed by atoms with Crippen molar-refractivity contribution in [1.82, 2.24) is 0 Å². The zero-order chi connectivity index (χ0) is 22.4. The first-order valence-electron chi connectivity index (χ1n) is 9.66. The number of ether oxygens (including phenoxy) is 1. The number of alkyl halides is 3. The third kappa shape index (κ3) is 6.87. The average Bonchev–Trinajstić information content (AvgIpc) is 2.71. The van der Waals surface area contributed by atoms with Crippen LogP contribution >= 0.6 is 11.6 Å². The molecule has 0 unspecified atom stereocenters. The molecule has 0 saturated carbocycles. The second-order valence-corrected chi connectivity index (χ2v) is 7.95. The van der Waals surface area contributed by atoms with E-state index in [9.17, 15) is 23.4 Å². The molecule has 0 aliphatic rings. The van der Waals surface area contributed by atoms with Crippen molar-refractivity contribution < 1.29 is 28.1 Å². The van der Waals surface area contributed by atoms with E-state index in [4.69, 9.17) is 22.1 Å². The zero-order valence-corrected chi connectivity index (χ0v) is 17.6. The van der Waals surface area contributed by atoms with Crippen molar-refractivity contribution in [2.75, 3.05) is 19.8 Å². The summed E-state index contributed by atoms with van der Waals surface area (Å²) >= 11 is 6.09. The van der Waals surface area contributed by atoms with Gasteiger partial charge in [0.25, 0.3) is 0 Å². The van der Waals surface area contributed by atoms with Crippen LogP contribution in [0.5, 0.6) is 5.75 Å². The molecule has 4 N–H and O–H groups in total. The molecule has 166 valence electrons. The highest BCUT2D eigenvalue weighted by Gasteiger charge is 2.35. The van der Waals surface area contributed by atoms with Crippen LogP contribution in [0.3, 0.4) is 0 Å². The molecule has 8 heteroatoms. The SMILES string of the molecule is Cc1ccc(CCCOc2ccc(CCC(N)(CO)CO)cc2C(F)(F)F)cc1Cl. The Morgan fingerprint density at radius 2 is 1.63 bits per heavy atom. The molecular weight excluding hydrogens is 419 g/mol. The minimum atomic E-state index is -4.57. The predicted octanol–water partition coefficient (Wildman–Crippen LogP) is 4.29. The summed E-state index contributed by atoms with van der Waals surface area (Å²) in [5.74, 6) is -0.225. The lowest BCUT2D eigenvalue weighted by molar-refractivity contribution is -0.139. The van der Waals surface area contributed by atoms with Crippen LogP contribution < -0.4 is 10.5 Å². The standard InChI is InChI=1S/C22H27ClF3NO3/c1-15-4-5-16(12-19(15)23)3-2-10-30-20-7-6-17(11-18(20)22(24,25)26)8-9-21(27,13-28)14-29/h4-7,11-12,28-29H,2-3,8-10,13-14,27H2,1H3. The maximum atomic E-state index is 13.5. The molecule has 0 aliphatic carbocycles. The third-order valence-electron chi connectivity index (χ3n) is 4.99. The summed E-state index contributed by atoms with van der Waals surface area (Å²) in [7, 11) is 0. The highest BCUT2D eigenvalue weighted by Crippen LogP contribution is 2.37. The Hall–Kier alpha value is -1.80. The molecule has 0 aliphatic heterocycles. The normalized spacial score (nSPS) is 12.3. The fourth-order valence-corrected chi connectivity index (χ4v) is 3.13. The summed E-state index contributed by atoms with van der Waals surface area (Å²) in [5.41, 5.74) is 6.08. The van der Waals surface area contributed by atoms with Gasteiger partial charge >= 0.3 is 6.18 Å². The van der Waals surface area contributed by atoms with Crippen molar-refractivity contribution in [3.63, 3.8) is 0 Å². The minimum Gasteiger partial charge on any atom is -0.493 e. The molecule has 0 radical (unpaired) electrons. The van der Waals surface area contributed by atoms with E-state index in [0.717, 1.165) is 17.2 Å². The van der Waals surface area contributed by atoms with Gasteiger partial charge < -0.3 is 20.7 Å². The Morgan fingerprint density at radius 1 is 1.00 bits per heavy atom. The number of aliphatic hydroxyl groups is 2. The molecule has 2 aromatic carbocycles. The molecular formula is C22H27ClF3NO3. The van der Waals surface area contributed by atoms with E-state index in [-0.39, 0.29) is 25.2 Å². The molecule has 0 aromatic heterocycles. The van der Waals surface area contributed by atoms with Crippen molar-refractivity contribution in [2.24, 2.45) is 5.73 Å². The monoisotopic (exact) mass is 445 g/mol. The first-order chi connectivity index (χ1) is 14.1. The molecule has 0 spiro atoms. The minimum absolute atomic E-state index is 0.134. The highest BCUT2D eigenvalue weighted by atomic mass is 35.5. The quantitative estimate of drug-likeness (QED) is 0.477.